The van der Waals surface area contributed by atoms with E-state index in [1.165, 1.54) is 0 Å². The number of rotatable bonds is 2. The van der Waals surface area contributed by atoms with Crippen LogP contribution < -0.4 is 11.1 Å². The first-order valence-corrected chi connectivity index (χ1v) is 7.00. The van der Waals surface area contributed by atoms with Crippen molar-refractivity contribution < 1.29 is 18.0 Å². The van der Waals surface area contributed by atoms with Crippen LogP contribution in [0.2, 0.25) is 0 Å². The summed E-state index contributed by atoms with van der Waals surface area (Å²) in [4.78, 5) is 12.0. The summed E-state index contributed by atoms with van der Waals surface area (Å²) in [6, 6.07) is 0.00306. The van der Waals surface area contributed by atoms with Gasteiger partial charge in [0.05, 0.1) is 5.92 Å². The number of hydrogen-bond donors (Lipinski definition) is 2. The number of carbonyl (C=O) groups excluding carboxylic acids is 1. The zero-order chi connectivity index (χ0) is 14.0. The van der Waals surface area contributed by atoms with E-state index >= 15 is 0 Å². The van der Waals surface area contributed by atoms with E-state index in [0.29, 0.717) is 12.8 Å². The van der Waals surface area contributed by atoms with Gasteiger partial charge in [0.1, 0.15) is 0 Å². The molecule has 0 heterocycles. The van der Waals surface area contributed by atoms with E-state index in [1.54, 1.807) is 0 Å². The fourth-order valence-electron chi connectivity index (χ4n) is 3.15. The number of hydrogen-bond acceptors (Lipinski definition) is 2. The highest BCUT2D eigenvalue weighted by atomic mass is 19.4. The molecule has 2 saturated carbocycles. The fraction of sp³-hybridized carbons (Fsp3) is 0.923. The molecule has 0 aliphatic heterocycles. The largest absolute Gasteiger partial charge is 0.391 e. The van der Waals surface area contributed by atoms with Crippen molar-refractivity contribution in [3.63, 3.8) is 0 Å². The average molecular weight is 278 g/mol. The predicted molar refractivity (Wildman–Crippen MR) is 65.3 cm³/mol. The van der Waals surface area contributed by atoms with Crippen LogP contribution in [-0.4, -0.2) is 24.2 Å². The second kappa shape index (κ2) is 5.69. The molecule has 3 N–H and O–H groups in total. The van der Waals surface area contributed by atoms with Crippen molar-refractivity contribution in [3.8, 4) is 0 Å². The van der Waals surface area contributed by atoms with Crippen molar-refractivity contribution in [1.82, 2.24) is 5.32 Å². The second-order valence-electron chi connectivity index (χ2n) is 5.80. The van der Waals surface area contributed by atoms with Crippen LogP contribution in [0.25, 0.3) is 0 Å². The van der Waals surface area contributed by atoms with Crippen LogP contribution in [-0.2, 0) is 4.79 Å². The van der Waals surface area contributed by atoms with Crippen LogP contribution in [0.4, 0.5) is 13.2 Å². The molecule has 2 atom stereocenters. The van der Waals surface area contributed by atoms with Crippen LogP contribution in [0.5, 0.6) is 0 Å². The Labute approximate surface area is 111 Å². The molecule has 2 rings (SSSR count). The van der Waals surface area contributed by atoms with Gasteiger partial charge in [0.15, 0.2) is 0 Å². The number of amides is 1. The SMILES string of the molecule is NC1CCCC1NC(=O)C1CCC(C(F)(F)F)CC1. The normalized spacial score (nSPS) is 36.2. The summed E-state index contributed by atoms with van der Waals surface area (Å²) in [6.07, 6.45) is -0.523. The lowest BCUT2D eigenvalue weighted by Crippen LogP contribution is -2.47. The molecule has 0 spiro atoms. The summed E-state index contributed by atoms with van der Waals surface area (Å²) >= 11 is 0. The molecule has 0 radical (unpaired) electrons. The number of nitrogens with two attached hydrogens (primary N) is 1. The number of halogens is 3. The second-order valence-corrected chi connectivity index (χ2v) is 5.80. The van der Waals surface area contributed by atoms with Crippen LogP contribution >= 0.6 is 0 Å². The standard InChI is InChI=1S/C13H21F3N2O/c14-13(15,16)9-6-4-8(5-7-9)12(19)18-11-3-1-2-10(11)17/h8-11H,1-7,17H2,(H,18,19). The van der Waals surface area contributed by atoms with Crippen molar-refractivity contribution in [2.24, 2.45) is 17.6 Å². The minimum atomic E-state index is -4.12. The molecule has 110 valence electrons. The summed E-state index contributed by atoms with van der Waals surface area (Å²) in [5.74, 6) is -1.61. The molecule has 2 aliphatic rings. The van der Waals surface area contributed by atoms with E-state index in [1.807, 2.05) is 0 Å². The highest BCUT2D eigenvalue weighted by Crippen LogP contribution is 2.39. The van der Waals surface area contributed by atoms with Crippen molar-refractivity contribution in [2.45, 2.75) is 63.2 Å². The van der Waals surface area contributed by atoms with Gasteiger partial charge in [-0.2, -0.15) is 13.2 Å². The minimum absolute atomic E-state index is 0.00420. The van der Waals surface area contributed by atoms with Crippen LogP contribution in [0.15, 0.2) is 0 Å². The zero-order valence-electron chi connectivity index (χ0n) is 10.9. The summed E-state index contributed by atoms with van der Waals surface area (Å²) in [5, 5.41) is 2.91. The average Bonchev–Trinajstić information content (AvgIpc) is 2.74. The lowest BCUT2D eigenvalue weighted by atomic mass is 9.81. The first-order chi connectivity index (χ1) is 8.88. The first kappa shape index (κ1) is 14.6. The maximum atomic E-state index is 12.5. The molecule has 2 aliphatic carbocycles. The predicted octanol–water partition coefficient (Wildman–Crippen LogP) is 2.35. The molecule has 19 heavy (non-hydrogen) atoms. The lowest BCUT2D eigenvalue weighted by Gasteiger charge is -2.30. The Bertz CT molecular complexity index is 324. The Balaban J connectivity index is 1.79. The summed E-state index contributed by atoms with van der Waals surface area (Å²) in [6.45, 7) is 0. The van der Waals surface area contributed by atoms with Gasteiger partial charge in [-0.15, -0.1) is 0 Å². The molecule has 0 aromatic rings. The molecule has 0 aromatic heterocycles. The molecule has 6 heteroatoms. The van der Waals surface area contributed by atoms with E-state index in [-0.39, 0.29) is 36.8 Å². The summed E-state index contributed by atoms with van der Waals surface area (Å²) < 4.78 is 37.6. The quantitative estimate of drug-likeness (QED) is 0.814. The van der Waals surface area contributed by atoms with Crippen molar-refractivity contribution in [3.05, 3.63) is 0 Å². The van der Waals surface area contributed by atoms with Gasteiger partial charge < -0.3 is 11.1 Å². The van der Waals surface area contributed by atoms with E-state index < -0.39 is 12.1 Å². The smallest absolute Gasteiger partial charge is 0.352 e. The van der Waals surface area contributed by atoms with Gasteiger partial charge in [0, 0.05) is 18.0 Å². The number of carbonyl (C=O) groups is 1. The lowest BCUT2D eigenvalue weighted by molar-refractivity contribution is -0.184. The summed E-state index contributed by atoms with van der Waals surface area (Å²) in [7, 11) is 0. The highest BCUT2D eigenvalue weighted by Gasteiger charge is 2.42. The van der Waals surface area contributed by atoms with Crippen molar-refractivity contribution in [2.75, 3.05) is 0 Å². The van der Waals surface area contributed by atoms with Gasteiger partial charge >= 0.3 is 6.18 Å². The highest BCUT2D eigenvalue weighted by molar-refractivity contribution is 5.79. The van der Waals surface area contributed by atoms with Gasteiger partial charge in [-0.05, 0) is 44.9 Å². The minimum Gasteiger partial charge on any atom is -0.352 e. The van der Waals surface area contributed by atoms with Crippen molar-refractivity contribution in [1.29, 1.82) is 0 Å². The number of alkyl halides is 3. The molecule has 0 bridgehead atoms. The molecular weight excluding hydrogens is 257 g/mol. The van der Waals surface area contributed by atoms with E-state index in [9.17, 15) is 18.0 Å². The van der Waals surface area contributed by atoms with Gasteiger partial charge in [-0.3, -0.25) is 4.79 Å². The Morgan fingerprint density at radius 1 is 1.05 bits per heavy atom. The molecule has 2 unspecified atom stereocenters. The Morgan fingerprint density at radius 2 is 1.68 bits per heavy atom. The Morgan fingerprint density at radius 3 is 2.16 bits per heavy atom. The molecule has 1 amide bonds. The van der Waals surface area contributed by atoms with Crippen LogP contribution in [0.1, 0.15) is 44.9 Å². The third kappa shape index (κ3) is 3.61. The monoisotopic (exact) mass is 278 g/mol. The third-order valence-electron chi connectivity index (χ3n) is 4.46. The maximum absolute atomic E-state index is 12.5. The number of nitrogens with one attached hydrogen (secondary N) is 1. The maximum Gasteiger partial charge on any atom is 0.391 e. The first-order valence-electron chi connectivity index (χ1n) is 7.00. The van der Waals surface area contributed by atoms with Crippen molar-refractivity contribution >= 4 is 5.91 Å². The molecular formula is C13H21F3N2O. The van der Waals surface area contributed by atoms with Crippen LogP contribution in [0, 0.1) is 11.8 Å². The molecule has 3 nitrogen and oxygen atoms in total. The molecule has 2 fully saturated rings. The third-order valence-corrected chi connectivity index (χ3v) is 4.46. The fourth-order valence-corrected chi connectivity index (χ4v) is 3.15. The van der Waals surface area contributed by atoms with E-state index in [0.717, 1.165) is 19.3 Å². The van der Waals surface area contributed by atoms with E-state index in [4.69, 9.17) is 5.73 Å². The Hall–Kier alpha value is -0.780. The van der Waals surface area contributed by atoms with Gasteiger partial charge in [0.25, 0.3) is 0 Å². The van der Waals surface area contributed by atoms with Gasteiger partial charge in [0.2, 0.25) is 5.91 Å². The zero-order valence-corrected chi connectivity index (χ0v) is 10.9. The molecule has 0 saturated heterocycles. The van der Waals surface area contributed by atoms with Gasteiger partial charge in [-0.1, -0.05) is 0 Å². The topological polar surface area (TPSA) is 55.1 Å². The molecule has 0 aromatic carbocycles. The van der Waals surface area contributed by atoms with E-state index in [2.05, 4.69) is 5.32 Å². The Kier molecular flexibility index (Phi) is 4.38. The van der Waals surface area contributed by atoms with Crippen LogP contribution in [0.3, 0.4) is 0 Å². The van der Waals surface area contributed by atoms with Gasteiger partial charge in [-0.25, -0.2) is 0 Å². The summed E-state index contributed by atoms with van der Waals surface area (Å²) in [5.41, 5.74) is 5.87.